The molecule has 1 fully saturated rings. The Kier molecular flexibility index (Phi) is 2.40. The van der Waals surface area contributed by atoms with Gasteiger partial charge in [-0.1, -0.05) is 13.8 Å². The molecule has 4 heteroatoms. The van der Waals surface area contributed by atoms with Crippen LogP contribution in [0.4, 0.5) is 0 Å². The molecule has 1 aliphatic heterocycles. The predicted molar refractivity (Wildman–Crippen MR) is 46.9 cm³/mol. The Hall–Kier alpha value is -1.32. The predicted octanol–water partition coefficient (Wildman–Crippen LogP) is 0.891. The molecule has 0 saturated carbocycles. The highest BCUT2D eigenvalue weighted by molar-refractivity contribution is 5.85. The van der Waals surface area contributed by atoms with Crippen molar-refractivity contribution >= 4 is 11.9 Å². The van der Waals surface area contributed by atoms with Crippen LogP contribution in [0.25, 0.3) is 0 Å². The number of carbonyl (C=O) groups is 2. The molecule has 1 heterocycles. The fourth-order valence-electron chi connectivity index (χ4n) is 1.52. The molecule has 2 N–H and O–H groups in total. The van der Waals surface area contributed by atoms with Crippen LogP contribution < -0.4 is 5.32 Å². The van der Waals surface area contributed by atoms with E-state index in [0.717, 1.165) is 6.08 Å². The highest BCUT2D eigenvalue weighted by Crippen LogP contribution is 2.31. The number of amides is 1. The lowest BCUT2D eigenvalue weighted by atomic mass is 9.81. The molecule has 72 valence electrons. The lowest BCUT2D eigenvalue weighted by Gasteiger charge is -2.30. The highest BCUT2D eigenvalue weighted by atomic mass is 16.4. The Labute approximate surface area is 76.6 Å². The maximum absolute atomic E-state index is 11.1. The summed E-state index contributed by atoms with van der Waals surface area (Å²) in [5, 5.41) is 11.0. The van der Waals surface area contributed by atoms with E-state index in [1.165, 1.54) is 0 Å². The van der Waals surface area contributed by atoms with Crippen molar-refractivity contribution in [3.8, 4) is 0 Å². The molecule has 0 aromatic rings. The normalized spacial score (nSPS) is 24.2. The van der Waals surface area contributed by atoms with Gasteiger partial charge in [-0.3, -0.25) is 4.79 Å². The second-order valence-corrected chi connectivity index (χ2v) is 4.07. The van der Waals surface area contributed by atoms with Gasteiger partial charge in [-0.15, -0.1) is 0 Å². The smallest absolute Gasteiger partial charge is 0.330 e. The van der Waals surface area contributed by atoms with E-state index < -0.39 is 5.97 Å². The SMILES string of the molecule is CC1(C)CC(=O)NC(=CC(=O)O)C1. The molecule has 0 aromatic carbocycles. The molecule has 1 rings (SSSR count). The summed E-state index contributed by atoms with van der Waals surface area (Å²) in [5.41, 5.74) is 0.359. The number of carboxylic acids is 1. The first-order valence-electron chi connectivity index (χ1n) is 4.12. The Morgan fingerprint density at radius 2 is 2.15 bits per heavy atom. The topological polar surface area (TPSA) is 66.4 Å². The van der Waals surface area contributed by atoms with Gasteiger partial charge in [0, 0.05) is 18.2 Å². The summed E-state index contributed by atoms with van der Waals surface area (Å²) in [7, 11) is 0. The number of carboxylic acid groups (broad SMARTS) is 1. The first-order valence-corrected chi connectivity index (χ1v) is 4.12. The molecule has 0 aliphatic carbocycles. The summed E-state index contributed by atoms with van der Waals surface area (Å²) in [6, 6.07) is 0. The van der Waals surface area contributed by atoms with Crippen LogP contribution in [0.3, 0.4) is 0 Å². The van der Waals surface area contributed by atoms with Crippen LogP contribution in [-0.4, -0.2) is 17.0 Å². The van der Waals surface area contributed by atoms with Crippen LogP contribution in [0.1, 0.15) is 26.7 Å². The maximum atomic E-state index is 11.1. The third kappa shape index (κ3) is 2.89. The summed E-state index contributed by atoms with van der Waals surface area (Å²) in [6.07, 6.45) is 2.10. The number of hydrogen-bond acceptors (Lipinski definition) is 2. The van der Waals surface area contributed by atoms with E-state index in [4.69, 9.17) is 5.11 Å². The number of hydrogen-bond donors (Lipinski definition) is 2. The molecule has 1 aliphatic rings. The lowest BCUT2D eigenvalue weighted by Crippen LogP contribution is -2.36. The third-order valence-corrected chi connectivity index (χ3v) is 1.91. The Morgan fingerprint density at radius 3 is 2.62 bits per heavy atom. The van der Waals surface area contributed by atoms with Crippen molar-refractivity contribution in [1.82, 2.24) is 5.32 Å². The van der Waals surface area contributed by atoms with Crippen molar-refractivity contribution in [3.63, 3.8) is 0 Å². The Morgan fingerprint density at radius 1 is 1.54 bits per heavy atom. The maximum Gasteiger partial charge on any atom is 0.330 e. The monoisotopic (exact) mass is 183 g/mol. The zero-order valence-corrected chi connectivity index (χ0v) is 7.76. The number of rotatable bonds is 1. The van der Waals surface area contributed by atoms with Crippen molar-refractivity contribution in [1.29, 1.82) is 0 Å². The first-order chi connectivity index (χ1) is 5.89. The Bertz CT molecular complexity index is 279. The van der Waals surface area contributed by atoms with Gasteiger partial charge in [0.2, 0.25) is 5.91 Å². The molecule has 1 amide bonds. The summed E-state index contributed by atoms with van der Waals surface area (Å²) >= 11 is 0. The van der Waals surface area contributed by atoms with Gasteiger partial charge in [0.05, 0.1) is 0 Å². The number of carbonyl (C=O) groups excluding carboxylic acids is 1. The van der Waals surface area contributed by atoms with Crippen molar-refractivity contribution in [2.24, 2.45) is 5.41 Å². The molecule has 1 saturated heterocycles. The minimum atomic E-state index is -1.02. The summed E-state index contributed by atoms with van der Waals surface area (Å²) in [5.74, 6) is -1.13. The van der Waals surface area contributed by atoms with E-state index >= 15 is 0 Å². The van der Waals surface area contributed by atoms with E-state index in [-0.39, 0.29) is 11.3 Å². The van der Waals surface area contributed by atoms with Crippen molar-refractivity contribution in [2.75, 3.05) is 0 Å². The van der Waals surface area contributed by atoms with Gasteiger partial charge < -0.3 is 10.4 Å². The zero-order valence-electron chi connectivity index (χ0n) is 7.76. The molecule has 0 unspecified atom stereocenters. The van der Waals surface area contributed by atoms with Gasteiger partial charge in [-0.2, -0.15) is 0 Å². The van der Waals surface area contributed by atoms with E-state index in [0.29, 0.717) is 18.5 Å². The van der Waals surface area contributed by atoms with Crippen LogP contribution in [-0.2, 0) is 9.59 Å². The molecule has 0 aromatic heterocycles. The van der Waals surface area contributed by atoms with Gasteiger partial charge >= 0.3 is 5.97 Å². The van der Waals surface area contributed by atoms with Crippen molar-refractivity contribution in [2.45, 2.75) is 26.7 Å². The Balaban J connectivity index is 2.80. The summed E-state index contributed by atoms with van der Waals surface area (Å²) in [6.45, 7) is 3.89. The number of nitrogens with one attached hydrogen (secondary N) is 1. The average Bonchev–Trinajstić information content (AvgIpc) is 1.78. The van der Waals surface area contributed by atoms with E-state index in [9.17, 15) is 9.59 Å². The van der Waals surface area contributed by atoms with Crippen LogP contribution >= 0.6 is 0 Å². The van der Waals surface area contributed by atoms with Gasteiger partial charge in [0.15, 0.2) is 0 Å². The zero-order chi connectivity index (χ0) is 10.1. The lowest BCUT2D eigenvalue weighted by molar-refractivity contribution is -0.131. The van der Waals surface area contributed by atoms with E-state index in [2.05, 4.69) is 5.32 Å². The fraction of sp³-hybridized carbons (Fsp3) is 0.556. The van der Waals surface area contributed by atoms with Gasteiger partial charge in [-0.25, -0.2) is 4.79 Å². The number of aliphatic carboxylic acids is 1. The van der Waals surface area contributed by atoms with Crippen LogP contribution in [0.15, 0.2) is 11.8 Å². The standard InChI is InChI=1S/C9H13NO3/c1-9(2)4-6(3-8(12)13)10-7(11)5-9/h3H,4-5H2,1-2H3,(H,10,11)(H,12,13). The van der Waals surface area contributed by atoms with Gasteiger partial charge in [0.1, 0.15) is 0 Å². The second-order valence-electron chi connectivity index (χ2n) is 4.07. The third-order valence-electron chi connectivity index (χ3n) is 1.91. The average molecular weight is 183 g/mol. The minimum Gasteiger partial charge on any atom is -0.478 e. The van der Waals surface area contributed by atoms with Crippen molar-refractivity contribution < 1.29 is 14.7 Å². The molecule has 13 heavy (non-hydrogen) atoms. The van der Waals surface area contributed by atoms with Gasteiger partial charge in [-0.05, 0) is 11.8 Å². The molecular weight excluding hydrogens is 170 g/mol. The highest BCUT2D eigenvalue weighted by Gasteiger charge is 2.29. The first kappa shape index (κ1) is 9.77. The quantitative estimate of drug-likeness (QED) is 0.593. The van der Waals surface area contributed by atoms with Crippen LogP contribution in [0.5, 0.6) is 0 Å². The summed E-state index contributed by atoms with van der Waals surface area (Å²) < 4.78 is 0. The molecule has 0 radical (unpaired) electrons. The minimum absolute atomic E-state index is 0.108. The molecule has 0 atom stereocenters. The molecule has 4 nitrogen and oxygen atoms in total. The fourth-order valence-corrected chi connectivity index (χ4v) is 1.52. The largest absolute Gasteiger partial charge is 0.478 e. The summed E-state index contributed by atoms with van der Waals surface area (Å²) in [4.78, 5) is 21.5. The van der Waals surface area contributed by atoms with Crippen LogP contribution in [0.2, 0.25) is 0 Å². The molecule has 0 bridgehead atoms. The van der Waals surface area contributed by atoms with E-state index in [1.807, 2.05) is 13.8 Å². The van der Waals surface area contributed by atoms with Gasteiger partial charge in [0.25, 0.3) is 0 Å². The molecule has 0 spiro atoms. The number of allylic oxidation sites excluding steroid dienone is 1. The number of piperidine rings is 1. The molecular formula is C9H13NO3. The van der Waals surface area contributed by atoms with Crippen LogP contribution in [0, 0.1) is 5.41 Å². The van der Waals surface area contributed by atoms with Crippen molar-refractivity contribution in [3.05, 3.63) is 11.8 Å². The second kappa shape index (κ2) is 3.20. The van der Waals surface area contributed by atoms with E-state index in [1.54, 1.807) is 0 Å².